The first kappa shape index (κ1) is 18.4. The van der Waals surface area contributed by atoms with E-state index < -0.39 is 0 Å². The zero-order valence-electron chi connectivity index (χ0n) is 15.3. The summed E-state index contributed by atoms with van der Waals surface area (Å²) in [5.41, 5.74) is 8.26. The summed E-state index contributed by atoms with van der Waals surface area (Å²) < 4.78 is 10.1. The third-order valence-corrected chi connectivity index (χ3v) is 4.40. The van der Waals surface area contributed by atoms with Gasteiger partial charge in [-0.2, -0.15) is 0 Å². The molecule has 1 unspecified atom stereocenters. The summed E-state index contributed by atoms with van der Waals surface area (Å²) in [6.07, 6.45) is 2.37. The molecule has 0 fully saturated rings. The van der Waals surface area contributed by atoms with Gasteiger partial charge in [-0.15, -0.1) is 0 Å². The average molecular weight is 366 g/mol. The SMILES string of the molecule is COc1ccc(-c2noc(N)c2C(=O)NCCC(C)c2ccccc2)cn1. The molecule has 0 aliphatic heterocycles. The third-order valence-electron chi connectivity index (χ3n) is 4.40. The fourth-order valence-corrected chi connectivity index (χ4v) is 2.80. The molecule has 3 rings (SSSR count). The van der Waals surface area contributed by atoms with Crippen LogP contribution in [0.4, 0.5) is 5.88 Å². The van der Waals surface area contributed by atoms with E-state index in [0.29, 0.717) is 29.6 Å². The van der Waals surface area contributed by atoms with E-state index in [4.69, 9.17) is 15.0 Å². The van der Waals surface area contributed by atoms with E-state index in [0.717, 1.165) is 6.42 Å². The normalized spacial score (nSPS) is 11.8. The van der Waals surface area contributed by atoms with Gasteiger partial charge in [-0.25, -0.2) is 4.98 Å². The fraction of sp³-hybridized carbons (Fsp3) is 0.250. The molecule has 1 atom stereocenters. The zero-order valence-corrected chi connectivity index (χ0v) is 15.3. The summed E-state index contributed by atoms with van der Waals surface area (Å²) in [6, 6.07) is 13.6. The van der Waals surface area contributed by atoms with Crippen LogP contribution >= 0.6 is 0 Å². The lowest BCUT2D eigenvalue weighted by Gasteiger charge is -2.12. The molecule has 0 bridgehead atoms. The minimum atomic E-state index is -0.320. The fourth-order valence-electron chi connectivity index (χ4n) is 2.80. The van der Waals surface area contributed by atoms with Crippen LogP contribution in [0.1, 0.15) is 35.2 Å². The molecule has 0 aliphatic rings. The number of carbonyl (C=O) groups excluding carboxylic acids is 1. The number of ether oxygens (including phenoxy) is 1. The first-order chi connectivity index (χ1) is 13.1. The Morgan fingerprint density at radius 3 is 2.70 bits per heavy atom. The molecule has 3 aromatic rings. The van der Waals surface area contributed by atoms with E-state index in [1.165, 1.54) is 12.7 Å². The molecule has 0 saturated carbocycles. The van der Waals surface area contributed by atoms with Gasteiger partial charge in [-0.05, 0) is 24.0 Å². The molecule has 140 valence electrons. The first-order valence-electron chi connectivity index (χ1n) is 8.69. The summed E-state index contributed by atoms with van der Waals surface area (Å²) >= 11 is 0. The van der Waals surface area contributed by atoms with Gasteiger partial charge in [0.2, 0.25) is 11.8 Å². The lowest BCUT2D eigenvalue weighted by Crippen LogP contribution is -2.26. The van der Waals surface area contributed by atoms with Crippen LogP contribution in [0.3, 0.4) is 0 Å². The molecule has 0 spiro atoms. The average Bonchev–Trinajstić information content (AvgIpc) is 3.10. The van der Waals surface area contributed by atoms with Crippen molar-refractivity contribution in [3.63, 3.8) is 0 Å². The number of nitrogens with two attached hydrogens (primary N) is 1. The van der Waals surface area contributed by atoms with Gasteiger partial charge in [0.25, 0.3) is 5.91 Å². The second-order valence-electron chi connectivity index (χ2n) is 6.22. The maximum atomic E-state index is 12.6. The summed E-state index contributed by atoms with van der Waals surface area (Å²) in [7, 11) is 1.53. The number of rotatable bonds is 7. The maximum Gasteiger partial charge on any atom is 0.259 e. The molecule has 1 aromatic carbocycles. The van der Waals surface area contributed by atoms with E-state index in [-0.39, 0.29) is 17.4 Å². The van der Waals surface area contributed by atoms with Crippen LogP contribution in [-0.4, -0.2) is 29.7 Å². The molecule has 7 nitrogen and oxygen atoms in total. The van der Waals surface area contributed by atoms with Crippen LogP contribution in [-0.2, 0) is 0 Å². The molecule has 0 radical (unpaired) electrons. The zero-order chi connectivity index (χ0) is 19.2. The lowest BCUT2D eigenvalue weighted by atomic mass is 9.98. The lowest BCUT2D eigenvalue weighted by molar-refractivity contribution is 0.0954. The summed E-state index contributed by atoms with van der Waals surface area (Å²) in [5.74, 6) is 0.460. The van der Waals surface area contributed by atoms with Crippen molar-refractivity contribution in [2.24, 2.45) is 0 Å². The number of hydrogen-bond acceptors (Lipinski definition) is 6. The minimum Gasteiger partial charge on any atom is -0.481 e. The number of methoxy groups -OCH3 is 1. The number of nitrogens with zero attached hydrogens (tertiary/aromatic N) is 2. The Morgan fingerprint density at radius 1 is 1.26 bits per heavy atom. The number of aromatic nitrogens is 2. The molecule has 27 heavy (non-hydrogen) atoms. The Kier molecular flexibility index (Phi) is 5.71. The summed E-state index contributed by atoms with van der Waals surface area (Å²) in [4.78, 5) is 16.8. The Balaban J connectivity index is 1.67. The number of amides is 1. The maximum absolute atomic E-state index is 12.6. The molecule has 3 N–H and O–H groups in total. The highest BCUT2D eigenvalue weighted by Gasteiger charge is 2.22. The van der Waals surface area contributed by atoms with Crippen molar-refractivity contribution in [3.05, 3.63) is 59.8 Å². The van der Waals surface area contributed by atoms with Gasteiger partial charge in [0, 0.05) is 24.4 Å². The monoisotopic (exact) mass is 366 g/mol. The summed E-state index contributed by atoms with van der Waals surface area (Å²) in [6.45, 7) is 2.64. The van der Waals surface area contributed by atoms with Crippen molar-refractivity contribution >= 4 is 11.8 Å². The van der Waals surface area contributed by atoms with Crippen molar-refractivity contribution in [2.75, 3.05) is 19.4 Å². The highest BCUT2D eigenvalue weighted by atomic mass is 16.5. The molecule has 0 aliphatic carbocycles. The van der Waals surface area contributed by atoms with Crippen LogP contribution in [0.5, 0.6) is 5.88 Å². The Morgan fingerprint density at radius 2 is 2.04 bits per heavy atom. The van der Waals surface area contributed by atoms with Crippen molar-refractivity contribution in [1.29, 1.82) is 0 Å². The van der Waals surface area contributed by atoms with Crippen LogP contribution in [0.15, 0.2) is 53.2 Å². The Hall–Kier alpha value is -3.35. The minimum absolute atomic E-state index is 0.0191. The van der Waals surface area contributed by atoms with E-state index in [1.807, 2.05) is 18.2 Å². The number of nitrogens with one attached hydrogen (secondary N) is 1. The molecule has 7 heteroatoms. The second-order valence-corrected chi connectivity index (χ2v) is 6.22. The molecular formula is C20H22N4O3. The van der Waals surface area contributed by atoms with Gasteiger partial charge in [0.1, 0.15) is 11.3 Å². The predicted molar refractivity (Wildman–Crippen MR) is 103 cm³/mol. The van der Waals surface area contributed by atoms with Crippen molar-refractivity contribution < 1.29 is 14.1 Å². The second kappa shape index (κ2) is 8.35. The molecular weight excluding hydrogens is 344 g/mol. The Labute approximate surface area is 157 Å². The largest absolute Gasteiger partial charge is 0.481 e. The molecule has 0 saturated heterocycles. The quantitative estimate of drug-likeness (QED) is 0.665. The van der Waals surface area contributed by atoms with Crippen molar-refractivity contribution in [2.45, 2.75) is 19.3 Å². The first-order valence-corrected chi connectivity index (χ1v) is 8.69. The number of carbonyl (C=O) groups is 1. The molecule has 1 amide bonds. The van der Waals surface area contributed by atoms with Crippen LogP contribution in [0, 0.1) is 0 Å². The standard InChI is InChI=1S/C20H22N4O3/c1-13(14-6-4-3-5-7-14)10-11-22-20(25)17-18(24-27-19(17)21)15-8-9-16(26-2)23-12-15/h3-9,12-13H,10-11,21H2,1-2H3,(H,22,25). The van der Waals surface area contributed by atoms with Gasteiger partial charge in [-0.3, -0.25) is 4.79 Å². The Bertz CT molecular complexity index is 891. The number of pyridine rings is 1. The number of benzene rings is 1. The van der Waals surface area contributed by atoms with Crippen LogP contribution in [0.25, 0.3) is 11.3 Å². The van der Waals surface area contributed by atoms with Gasteiger partial charge in [0.15, 0.2) is 0 Å². The van der Waals surface area contributed by atoms with E-state index in [1.54, 1.807) is 18.3 Å². The predicted octanol–water partition coefficient (Wildman–Crippen LogP) is 3.25. The molecule has 2 heterocycles. The highest BCUT2D eigenvalue weighted by molar-refractivity contribution is 6.03. The van der Waals surface area contributed by atoms with E-state index in [2.05, 4.69) is 34.5 Å². The number of nitrogen functional groups attached to an aromatic ring is 1. The van der Waals surface area contributed by atoms with Gasteiger partial charge in [-0.1, -0.05) is 42.4 Å². The van der Waals surface area contributed by atoms with Gasteiger partial charge < -0.3 is 20.3 Å². The van der Waals surface area contributed by atoms with Crippen LogP contribution in [0.2, 0.25) is 0 Å². The van der Waals surface area contributed by atoms with E-state index in [9.17, 15) is 4.79 Å². The smallest absolute Gasteiger partial charge is 0.259 e. The van der Waals surface area contributed by atoms with Gasteiger partial charge >= 0.3 is 0 Å². The number of anilines is 1. The van der Waals surface area contributed by atoms with Gasteiger partial charge in [0.05, 0.1) is 7.11 Å². The van der Waals surface area contributed by atoms with Crippen LogP contribution < -0.4 is 15.8 Å². The topological polar surface area (TPSA) is 103 Å². The summed E-state index contributed by atoms with van der Waals surface area (Å²) in [5, 5.41) is 6.81. The molecule has 2 aromatic heterocycles. The van der Waals surface area contributed by atoms with Crippen molar-refractivity contribution in [3.8, 4) is 17.1 Å². The third kappa shape index (κ3) is 4.25. The number of hydrogen-bond donors (Lipinski definition) is 2. The highest BCUT2D eigenvalue weighted by Crippen LogP contribution is 2.27. The van der Waals surface area contributed by atoms with Crippen molar-refractivity contribution in [1.82, 2.24) is 15.5 Å². The van der Waals surface area contributed by atoms with E-state index >= 15 is 0 Å².